The van der Waals surface area contributed by atoms with Gasteiger partial charge in [0.05, 0.1) is 13.2 Å². The summed E-state index contributed by atoms with van der Waals surface area (Å²) in [5.74, 6) is 0. The maximum Gasteiger partial charge on any atom is 0.109 e. The quantitative estimate of drug-likeness (QED) is 0.457. The summed E-state index contributed by atoms with van der Waals surface area (Å²) in [6, 6.07) is 0. The SMILES string of the molecule is CCOC(CO)C(O)CO. The average molecular weight is 150 g/mol. The molecule has 0 bridgehead atoms. The summed E-state index contributed by atoms with van der Waals surface area (Å²) in [5, 5.41) is 25.9. The molecule has 0 heterocycles. The molecule has 2 atom stereocenters. The average Bonchev–Trinajstić information content (AvgIpc) is 1.99. The molecular formula is C6H14O4. The summed E-state index contributed by atoms with van der Waals surface area (Å²) in [5.41, 5.74) is 0. The van der Waals surface area contributed by atoms with E-state index in [1.54, 1.807) is 6.92 Å². The predicted octanol–water partition coefficient (Wildman–Crippen LogP) is -1.26. The molecule has 0 aromatic rings. The first-order valence-corrected chi connectivity index (χ1v) is 3.27. The van der Waals surface area contributed by atoms with Crippen LogP contribution in [0.2, 0.25) is 0 Å². The van der Waals surface area contributed by atoms with Crippen molar-refractivity contribution < 1.29 is 20.1 Å². The first-order chi connectivity index (χ1) is 4.76. The Morgan fingerprint density at radius 3 is 2.20 bits per heavy atom. The van der Waals surface area contributed by atoms with Crippen LogP contribution >= 0.6 is 0 Å². The van der Waals surface area contributed by atoms with Crippen molar-refractivity contribution in [1.29, 1.82) is 0 Å². The van der Waals surface area contributed by atoms with E-state index in [1.165, 1.54) is 0 Å². The summed E-state index contributed by atoms with van der Waals surface area (Å²) in [6.07, 6.45) is -1.64. The Balaban J connectivity index is 3.56. The summed E-state index contributed by atoms with van der Waals surface area (Å²) < 4.78 is 4.88. The summed E-state index contributed by atoms with van der Waals surface area (Å²) in [4.78, 5) is 0. The Hall–Kier alpha value is -0.160. The molecule has 62 valence electrons. The zero-order valence-electron chi connectivity index (χ0n) is 6.03. The van der Waals surface area contributed by atoms with E-state index in [4.69, 9.17) is 20.1 Å². The van der Waals surface area contributed by atoms with Gasteiger partial charge >= 0.3 is 0 Å². The molecule has 2 unspecified atom stereocenters. The zero-order valence-corrected chi connectivity index (χ0v) is 6.03. The van der Waals surface area contributed by atoms with Crippen molar-refractivity contribution in [3.8, 4) is 0 Å². The first-order valence-electron chi connectivity index (χ1n) is 3.27. The van der Waals surface area contributed by atoms with Crippen molar-refractivity contribution in [3.05, 3.63) is 0 Å². The topological polar surface area (TPSA) is 69.9 Å². The second-order valence-corrected chi connectivity index (χ2v) is 1.93. The fourth-order valence-electron chi connectivity index (χ4n) is 0.617. The second-order valence-electron chi connectivity index (χ2n) is 1.93. The summed E-state index contributed by atoms with van der Waals surface area (Å²) in [7, 11) is 0. The molecule has 0 aliphatic carbocycles. The van der Waals surface area contributed by atoms with E-state index < -0.39 is 12.2 Å². The van der Waals surface area contributed by atoms with Crippen LogP contribution in [0.3, 0.4) is 0 Å². The number of ether oxygens (including phenoxy) is 1. The van der Waals surface area contributed by atoms with Gasteiger partial charge in [0.25, 0.3) is 0 Å². The third-order valence-electron chi connectivity index (χ3n) is 1.18. The van der Waals surface area contributed by atoms with Crippen molar-refractivity contribution in [2.24, 2.45) is 0 Å². The van der Waals surface area contributed by atoms with Gasteiger partial charge in [-0.25, -0.2) is 0 Å². The van der Waals surface area contributed by atoms with E-state index in [2.05, 4.69) is 0 Å². The lowest BCUT2D eigenvalue weighted by molar-refractivity contribution is -0.0759. The smallest absolute Gasteiger partial charge is 0.109 e. The van der Waals surface area contributed by atoms with Crippen molar-refractivity contribution in [2.75, 3.05) is 19.8 Å². The van der Waals surface area contributed by atoms with Gasteiger partial charge in [0.15, 0.2) is 0 Å². The fourth-order valence-corrected chi connectivity index (χ4v) is 0.617. The number of aliphatic hydroxyl groups excluding tert-OH is 3. The number of hydrogen-bond acceptors (Lipinski definition) is 4. The van der Waals surface area contributed by atoms with E-state index in [-0.39, 0.29) is 13.2 Å². The largest absolute Gasteiger partial charge is 0.394 e. The molecule has 0 aromatic carbocycles. The zero-order chi connectivity index (χ0) is 7.98. The standard InChI is InChI=1S/C6H14O4/c1-2-10-6(4-8)5(9)3-7/h5-9H,2-4H2,1H3. The fraction of sp³-hybridized carbons (Fsp3) is 1.00. The van der Waals surface area contributed by atoms with Crippen LogP contribution in [-0.2, 0) is 4.74 Å². The predicted molar refractivity (Wildman–Crippen MR) is 35.6 cm³/mol. The molecule has 0 aliphatic heterocycles. The molecule has 0 saturated carbocycles. The molecule has 4 nitrogen and oxygen atoms in total. The van der Waals surface area contributed by atoms with E-state index in [0.29, 0.717) is 6.61 Å². The van der Waals surface area contributed by atoms with Crippen LogP contribution in [0.5, 0.6) is 0 Å². The van der Waals surface area contributed by atoms with Crippen LogP contribution in [0.25, 0.3) is 0 Å². The number of aliphatic hydroxyl groups is 3. The van der Waals surface area contributed by atoms with Gasteiger partial charge in [-0.2, -0.15) is 0 Å². The van der Waals surface area contributed by atoms with Crippen molar-refractivity contribution >= 4 is 0 Å². The Kier molecular flexibility index (Phi) is 5.52. The highest BCUT2D eigenvalue weighted by Gasteiger charge is 2.16. The van der Waals surface area contributed by atoms with Gasteiger partial charge in [0.2, 0.25) is 0 Å². The highest BCUT2D eigenvalue weighted by molar-refractivity contribution is 4.65. The molecule has 0 rings (SSSR count). The van der Waals surface area contributed by atoms with Crippen LogP contribution in [0.15, 0.2) is 0 Å². The van der Waals surface area contributed by atoms with Gasteiger partial charge in [0.1, 0.15) is 12.2 Å². The lowest BCUT2D eigenvalue weighted by atomic mass is 10.2. The van der Waals surface area contributed by atoms with Crippen molar-refractivity contribution in [3.63, 3.8) is 0 Å². The number of rotatable bonds is 5. The second kappa shape index (κ2) is 5.61. The highest BCUT2D eigenvalue weighted by Crippen LogP contribution is 1.97. The monoisotopic (exact) mass is 150 g/mol. The van der Waals surface area contributed by atoms with Gasteiger partial charge in [-0.1, -0.05) is 0 Å². The molecule has 3 N–H and O–H groups in total. The first kappa shape index (κ1) is 9.84. The minimum Gasteiger partial charge on any atom is -0.394 e. The van der Waals surface area contributed by atoms with Crippen molar-refractivity contribution in [2.45, 2.75) is 19.1 Å². The van der Waals surface area contributed by atoms with Gasteiger partial charge in [-0.05, 0) is 6.92 Å². The normalized spacial score (nSPS) is 16.8. The van der Waals surface area contributed by atoms with Crippen LogP contribution < -0.4 is 0 Å². The highest BCUT2D eigenvalue weighted by atomic mass is 16.5. The minimum atomic E-state index is -0.982. The Bertz CT molecular complexity index is 76.1. The van der Waals surface area contributed by atoms with E-state index in [9.17, 15) is 0 Å². The molecule has 4 heteroatoms. The summed E-state index contributed by atoms with van der Waals surface area (Å²) >= 11 is 0. The number of hydrogen-bond donors (Lipinski definition) is 3. The van der Waals surface area contributed by atoms with E-state index in [1.807, 2.05) is 0 Å². The molecule has 0 amide bonds. The minimum absolute atomic E-state index is 0.268. The Morgan fingerprint density at radius 2 is 1.90 bits per heavy atom. The third kappa shape index (κ3) is 3.12. The lowest BCUT2D eigenvalue weighted by Crippen LogP contribution is -2.35. The lowest BCUT2D eigenvalue weighted by Gasteiger charge is -2.18. The van der Waals surface area contributed by atoms with Gasteiger partial charge < -0.3 is 20.1 Å². The summed E-state index contributed by atoms with van der Waals surface area (Å²) in [6.45, 7) is 1.52. The third-order valence-corrected chi connectivity index (χ3v) is 1.18. The van der Waals surface area contributed by atoms with Gasteiger partial charge in [-0.3, -0.25) is 0 Å². The molecular weight excluding hydrogens is 136 g/mol. The molecule has 0 fully saturated rings. The van der Waals surface area contributed by atoms with E-state index in [0.717, 1.165) is 0 Å². The Labute approximate surface area is 60.1 Å². The van der Waals surface area contributed by atoms with Gasteiger partial charge in [-0.15, -0.1) is 0 Å². The van der Waals surface area contributed by atoms with Crippen LogP contribution in [0.1, 0.15) is 6.92 Å². The van der Waals surface area contributed by atoms with Crippen molar-refractivity contribution in [1.82, 2.24) is 0 Å². The molecule has 0 saturated heterocycles. The van der Waals surface area contributed by atoms with Gasteiger partial charge in [0, 0.05) is 6.61 Å². The maximum atomic E-state index is 8.91. The molecule has 0 aliphatic rings. The van der Waals surface area contributed by atoms with E-state index >= 15 is 0 Å². The molecule has 10 heavy (non-hydrogen) atoms. The Morgan fingerprint density at radius 1 is 1.30 bits per heavy atom. The van der Waals surface area contributed by atoms with Crippen LogP contribution in [0, 0.1) is 0 Å². The molecule has 0 aromatic heterocycles. The van der Waals surface area contributed by atoms with Crippen LogP contribution in [-0.4, -0.2) is 47.3 Å². The molecule has 0 spiro atoms. The molecule has 0 radical (unpaired) electrons. The van der Waals surface area contributed by atoms with Crippen LogP contribution in [0.4, 0.5) is 0 Å². The maximum absolute atomic E-state index is 8.91.